The fraction of sp³-hybridized carbons (Fsp3) is 0. The van der Waals surface area contributed by atoms with Crippen LogP contribution >= 0.6 is 11.5 Å². The first-order chi connectivity index (χ1) is 7.92. The summed E-state index contributed by atoms with van der Waals surface area (Å²) in [6.07, 6.45) is 3.68. The molecule has 0 aliphatic heterocycles. The monoisotopic (exact) mass is 228 g/mol. The van der Waals surface area contributed by atoms with Crippen molar-refractivity contribution in [1.29, 1.82) is 0 Å². The summed E-state index contributed by atoms with van der Waals surface area (Å²) in [6.45, 7) is 0. The van der Waals surface area contributed by atoms with Gasteiger partial charge in [-0.05, 0) is 35.8 Å². The van der Waals surface area contributed by atoms with Crippen LogP contribution in [0.2, 0.25) is 0 Å². The average Bonchev–Trinajstić information content (AvgIpc) is 2.72. The van der Waals surface area contributed by atoms with Crippen molar-refractivity contribution < 1.29 is 0 Å². The number of nitrogens with zero attached hydrogens (tertiary/aromatic N) is 4. The Balaban J connectivity index is 2.16. The zero-order chi connectivity index (χ0) is 10.8. The molecule has 3 aromatic heterocycles. The number of fused-ring (bicyclic) bond motifs is 1. The van der Waals surface area contributed by atoms with E-state index in [-0.39, 0.29) is 0 Å². The summed E-state index contributed by atoms with van der Waals surface area (Å²) in [5, 5.41) is 0. The van der Waals surface area contributed by atoms with Gasteiger partial charge in [-0.1, -0.05) is 12.1 Å². The third-order valence-electron chi connectivity index (χ3n) is 2.05. The SMILES string of the molecule is c1ccc(N=c2nc3ccccn3s2)nc1. The fourth-order valence-electron chi connectivity index (χ4n) is 1.35. The van der Waals surface area contributed by atoms with Crippen LogP contribution in [0.5, 0.6) is 0 Å². The highest BCUT2D eigenvalue weighted by Gasteiger charge is 1.95. The highest BCUT2D eigenvalue weighted by molar-refractivity contribution is 7.03. The van der Waals surface area contributed by atoms with Crippen LogP contribution in [0.25, 0.3) is 5.65 Å². The van der Waals surface area contributed by atoms with Gasteiger partial charge in [0.1, 0.15) is 5.65 Å². The van der Waals surface area contributed by atoms with E-state index in [1.54, 1.807) is 6.20 Å². The van der Waals surface area contributed by atoms with Crippen molar-refractivity contribution in [2.45, 2.75) is 0 Å². The van der Waals surface area contributed by atoms with Crippen molar-refractivity contribution in [3.63, 3.8) is 0 Å². The van der Waals surface area contributed by atoms with Crippen molar-refractivity contribution >= 4 is 23.0 Å². The average molecular weight is 228 g/mol. The number of hydrogen-bond acceptors (Lipinski definition) is 4. The second kappa shape index (κ2) is 3.86. The molecule has 0 radical (unpaired) electrons. The first-order valence-corrected chi connectivity index (χ1v) is 5.60. The first-order valence-electron chi connectivity index (χ1n) is 4.82. The van der Waals surface area contributed by atoms with Gasteiger partial charge in [0, 0.05) is 12.4 Å². The molecule has 0 spiro atoms. The Morgan fingerprint density at radius 3 is 2.88 bits per heavy atom. The van der Waals surface area contributed by atoms with Crippen LogP contribution in [0.4, 0.5) is 5.82 Å². The van der Waals surface area contributed by atoms with Gasteiger partial charge < -0.3 is 0 Å². The van der Waals surface area contributed by atoms with Crippen LogP contribution in [0.3, 0.4) is 0 Å². The molecule has 0 aliphatic rings. The third kappa shape index (κ3) is 1.72. The molecule has 0 saturated heterocycles. The molecule has 0 amide bonds. The normalized spacial score (nSPS) is 12.1. The van der Waals surface area contributed by atoms with Crippen LogP contribution in [0.1, 0.15) is 0 Å². The predicted octanol–water partition coefficient (Wildman–Crippen LogP) is 2.02. The minimum atomic E-state index is 0.683. The molecule has 3 heterocycles. The lowest BCUT2D eigenvalue weighted by Gasteiger charge is -1.85. The predicted molar refractivity (Wildman–Crippen MR) is 62.5 cm³/mol. The van der Waals surface area contributed by atoms with Crippen molar-refractivity contribution in [1.82, 2.24) is 13.8 Å². The van der Waals surface area contributed by atoms with Crippen LogP contribution < -0.4 is 4.80 Å². The topological polar surface area (TPSA) is 42.5 Å². The number of aromatic nitrogens is 3. The smallest absolute Gasteiger partial charge is 0.229 e. The van der Waals surface area contributed by atoms with E-state index >= 15 is 0 Å². The maximum Gasteiger partial charge on any atom is 0.229 e. The van der Waals surface area contributed by atoms with E-state index in [0.29, 0.717) is 10.6 Å². The third-order valence-corrected chi connectivity index (χ3v) is 2.90. The van der Waals surface area contributed by atoms with E-state index in [2.05, 4.69) is 15.0 Å². The van der Waals surface area contributed by atoms with Gasteiger partial charge in [0.05, 0.1) is 0 Å². The van der Waals surface area contributed by atoms with Gasteiger partial charge in [-0.3, -0.25) is 3.79 Å². The molecule has 0 unspecified atom stereocenters. The van der Waals surface area contributed by atoms with E-state index < -0.39 is 0 Å². The Kier molecular flexibility index (Phi) is 2.23. The molecule has 16 heavy (non-hydrogen) atoms. The summed E-state index contributed by atoms with van der Waals surface area (Å²) in [6, 6.07) is 11.5. The molecule has 78 valence electrons. The molecule has 5 heteroatoms. The maximum absolute atomic E-state index is 4.38. The number of pyridine rings is 2. The second-order valence-electron chi connectivity index (χ2n) is 3.17. The van der Waals surface area contributed by atoms with Crippen LogP contribution in [-0.4, -0.2) is 13.8 Å². The van der Waals surface area contributed by atoms with Crippen molar-refractivity contribution in [3.05, 3.63) is 53.6 Å². The second-order valence-corrected chi connectivity index (χ2v) is 4.11. The van der Waals surface area contributed by atoms with Gasteiger partial charge >= 0.3 is 0 Å². The number of rotatable bonds is 1. The first kappa shape index (κ1) is 9.23. The van der Waals surface area contributed by atoms with E-state index in [4.69, 9.17) is 0 Å². The summed E-state index contributed by atoms with van der Waals surface area (Å²) in [7, 11) is 0. The number of hydrogen-bond donors (Lipinski definition) is 0. The van der Waals surface area contributed by atoms with E-state index in [0.717, 1.165) is 5.65 Å². The Hall–Kier alpha value is -2.01. The summed E-state index contributed by atoms with van der Waals surface area (Å²) in [4.78, 5) is 13.6. The quantitative estimate of drug-likeness (QED) is 0.639. The van der Waals surface area contributed by atoms with Gasteiger partial charge in [0.25, 0.3) is 0 Å². The van der Waals surface area contributed by atoms with Crippen molar-refractivity contribution in [2.75, 3.05) is 0 Å². The Labute approximate surface area is 95.7 Å². The van der Waals surface area contributed by atoms with E-state index in [1.165, 1.54) is 11.5 Å². The minimum absolute atomic E-state index is 0.683. The fourth-order valence-corrected chi connectivity index (χ4v) is 2.12. The molecule has 4 nitrogen and oxygen atoms in total. The molecule has 0 aliphatic carbocycles. The summed E-state index contributed by atoms with van der Waals surface area (Å²) in [5.41, 5.74) is 0.905. The minimum Gasteiger partial charge on any atom is -0.253 e. The largest absolute Gasteiger partial charge is 0.253 e. The van der Waals surface area contributed by atoms with Gasteiger partial charge in [-0.15, -0.1) is 0 Å². The Bertz CT molecular complexity index is 633. The summed E-state index contributed by atoms with van der Waals surface area (Å²) < 4.78 is 1.97. The molecule has 3 rings (SSSR count). The lowest BCUT2D eigenvalue weighted by Crippen LogP contribution is -1.95. The van der Waals surface area contributed by atoms with Gasteiger partial charge in [0.15, 0.2) is 5.82 Å². The standard InChI is InChI=1S/C11H8N4S/c1-3-7-12-9(5-1)13-11-14-10-6-2-4-8-15(10)16-11/h1-8H. The summed E-state index contributed by atoms with van der Waals surface area (Å²) >= 11 is 1.49. The van der Waals surface area contributed by atoms with E-state index in [9.17, 15) is 0 Å². The Morgan fingerprint density at radius 1 is 1.12 bits per heavy atom. The zero-order valence-electron chi connectivity index (χ0n) is 8.32. The van der Waals surface area contributed by atoms with Crippen LogP contribution in [0, 0.1) is 0 Å². The Morgan fingerprint density at radius 2 is 2.06 bits per heavy atom. The van der Waals surface area contributed by atoms with E-state index in [1.807, 2.05) is 46.4 Å². The molecule has 0 bridgehead atoms. The van der Waals surface area contributed by atoms with Gasteiger partial charge in [-0.25, -0.2) is 4.98 Å². The highest BCUT2D eigenvalue weighted by Crippen LogP contribution is 2.05. The molecular weight excluding hydrogens is 220 g/mol. The summed E-state index contributed by atoms with van der Waals surface area (Å²) in [5.74, 6) is 0.683. The van der Waals surface area contributed by atoms with Crippen LogP contribution in [0.15, 0.2) is 53.8 Å². The van der Waals surface area contributed by atoms with Crippen molar-refractivity contribution in [3.8, 4) is 0 Å². The van der Waals surface area contributed by atoms with Gasteiger partial charge in [0.2, 0.25) is 4.80 Å². The molecule has 0 saturated carbocycles. The van der Waals surface area contributed by atoms with Crippen LogP contribution in [-0.2, 0) is 0 Å². The molecule has 3 aromatic rings. The maximum atomic E-state index is 4.38. The molecule has 0 aromatic carbocycles. The lowest BCUT2D eigenvalue weighted by atomic mass is 10.5. The lowest BCUT2D eigenvalue weighted by molar-refractivity contribution is 1.18. The van der Waals surface area contributed by atoms with Gasteiger partial charge in [-0.2, -0.15) is 9.98 Å². The highest BCUT2D eigenvalue weighted by atomic mass is 32.1. The molecule has 0 fully saturated rings. The zero-order valence-corrected chi connectivity index (χ0v) is 9.13. The molecule has 0 N–H and O–H groups in total. The molecule has 0 atom stereocenters. The molecular formula is C11H8N4S. The van der Waals surface area contributed by atoms with Crippen molar-refractivity contribution in [2.24, 2.45) is 4.99 Å².